The van der Waals surface area contributed by atoms with Gasteiger partial charge in [0.05, 0.1) is 17.8 Å². The summed E-state index contributed by atoms with van der Waals surface area (Å²) in [6, 6.07) is 13.0. The van der Waals surface area contributed by atoms with Gasteiger partial charge in [0.15, 0.2) is 0 Å². The van der Waals surface area contributed by atoms with Gasteiger partial charge in [0.25, 0.3) is 0 Å². The molecule has 47 heavy (non-hydrogen) atoms. The molecule has 5 heterocycles. The number of anilines is 2. The van der Waals surface area contributed by atoms with E-state index in [4.69, 9.17) is 14.6 Å². The maximum Gasteiger partial charge on any atom is 0.225 e. The molecule has 2 saturated heterocycles. The highest BCUT2D eigenvalue weighted by molar-refractivity contribution is 5.69. The summed E-state index contributed by atoms with van der Waals surface area (Å²) in [4.78, 5) is 25.0. The van der Waals surface area contributed by atoms with Crippen LogP contribution in [0.1, 0.15) is 30.6 Å². The van der Waals surface area contributed by atoms with E-state index in [1.807, 2.05) is 61.4 Å². The molecule has 2 fully saturated rings. The van der Waals surface area contributed by atoms with Crippen molar-refractivity contribution in [3.8, 4) is 29.8 Å². The number of rotatable bonds is 9. The number of hydrogen-bond donors (Lipinski definition) is 2. The number of nitrogens with one attached hydrogen (secondary N) is 2. The van der Waals surface area contributed by atoms with Crippen LogP contribution < -0.4 is 15.5 Å². The second kappa shape index (κ2) is 18.9. The number of amides is 1. The normalized spacial score (nSPS) is 16.6. The predicted molar refractivity (Wildman–Crippen MR) is 180 cm³/mol. The number of ether oxygens (including phenoxy) is 3. The van der Waals surface area contributed by atoms with Crippen molar-refractivity contribution in [3.05, 3.63) is 78.1 Å². The van der Waals surface area contributed by atoms with Crippen LogP contribution in [0.15, 0.2) is 61.1 Å². The van der Waals surface area contributed by atoms with Gasteiger partial charge in [0.2, 0.25) is 18.3 Å². The average molecular weight is 647 g/mol. The minimum Gasteiger partial charge on any atom is -0.385 e. The highest BCUT2D eigenvalue weighted by Crippen LogP contribution is 2.31. The lowest BCUT2D eigenvalue weighted by Crippen LogP contribution is -2.52. The molecule has 2 atom stereocenters. The first-order valence-electron chi connectivity index (χ1n) is 15.1. The summed E-state index contributed by atoms with van der Waals surface area (Å²) in [5.74, 6) is 1.16. The number of halogens is 1. The molecule has 1 aromatic carbocycles. The third-order valence-electron chi connectivity index (χ3n) is 7.48. The SMILES string of the molecule is C#C.CCOC.CNc1c(C)c(-c2cnc(N3CC(OC)C3)nc2)nn1-c1ccccc1.O=CN[C@@H]1CCO[C@H]1c1ccnc(F)c1. The molecule has 0 aliphatic carbocycles. The molecule has 0 unspecified atom stereocenters. The summed E-state index contributed by atoms with van der Waals surface area (Å²) in [5.41, 5.74) is 4.56. The predicted octanol–water partition coefficient (Wildman–Crippen LogP) is 4.21. The Labute approximate surface area is 275 Å². The fourth-order valence-electron chi connectivity index (χ4n) is 4.95. The van der Waals surface area contributed by atoms with E-state index in [1.54, 1.807) is 20.3 Å². The number of benzene rings is 1. The van der Waals surface area contributed by atoms with E-state index in [0.717, 1.165) is 60.4 Å². The summed E-state index contributed by atoms with van der Waals surface area (Å²) in [5, 5.41) is 10.7. The highest BCUT2D eigenvalue weighted by atomic mass is 19.1. The smallest absolute Gasteiger partial charge is 0.225 e. The van der Waals surface area contributed by atoms with E-state index in [9.17, 15) is 9.18 Å². The van der Waals surface area contributed by atoms with Gasteiger partial charge < -0.3 is 29.7 Å². The standard InChI is InChI=1S/C19H22N6O.C10H11FN2O2.C3H8O.C2H2/c1-13-17(23-25(18(13)20-2)15-7-5-4-6-8-15)14-9-21-19(22-10-14)24-11-16(12-24)26-3;11-9-5-7(1-3-12-9)10-8(13-6-14)2-4-15-10;1-3-4-2;1-2/h4-10,16,20H,11-12H2,1-3H3;1,3,5-6,8,10H,2,4H2,(H,13,14);3H2,1-2H3;1-2H/t;8-,10+;;/m.1../s1. The first kappa shape index (κ1) is 36.6. The van der Waals surface area contributed by atoms with Crippen LogP contribution in [0.5, 0.6) is 0 Å². The van der Waals surface area contributed by atoms with Crippen molar-refractivity contribution in [3.63, 3.8) is 0 Å². The van der Waals surface area contributed by atoms with Gasteiger partial charge in [-0.05, 0) is 50.1 Å². The zero-order chi connectivity index (χ0) is 34.2. The molecular weight excluding hydrogens is 603 g/mol. The molecule has 13 heteroatoms. The van der Waals surface area contributed by atoms with Crippen LogP contribution in [0.25, 0.3) is 16.9 Å². The van der Waals surface area contributed by atoms with Crippen LogP contribution in [0.4, 0.5) is 16.2 Å². The van der Waals surface area contributed by atoms with Crippen LogP contribution in [-0.4, -0.2) is 90.9 Å². The molecule has 0 bridgehead atoms. The number of nitrogens with zero attached hydrogens (tertiary/aromatic N) is 6. The lowest BCUT2D eigenvalue weighted by Gasteiger charge is -2.37. The van der Waals surface area contributed by atoms with Gasteiger partial charge >= 0.3 is 0 Å². The number of aromatic nitrogens is 5. The molecule has 6 rings (SSSR count). The number of hydrogen-bond acceptors (Lipinski definition) is 10. The zero-order valence-corrected chi connectivity index (χ0v) is 27.5. The number of terminal acetylenes is 1. The van der Waals surface area contributed by atoms with Crippen LogP contribution >= 0.6 is 0 Å². The Bertz CT molecular complexity index is 1530. The summed E-state index contributed by atoms with van der Waals surface area (Å²) in [6.07, 6.45) is 14.5. The third-order valence-corrected chi connectivity index (χ3v) is 7.48. The molecule has 2 aliphatic rings. The fraction of sp³-hybridized carbons (Fsp3) is 0.382. The summed E-state index contributed by atoms with van der Waals surface area (Å²) >= 11 is 0. The first-order chi connectivity index (χ1) is 22.9. The molecular formula is C34H43FN8O4. The molecule has 0 radical (unpaired) electrons. The number of carbonyl (C=O) groups excluding carboxylic acids is 1. The zero-order valence-electron chi connectivity index (χ0n) is 27.5. The number of pyridine rings is 1. The van der Waals surface area contributed by atoms with Crippen molar-refractivity contribution in [2.24, 2.45) is 0 Å². The lowest BCUT2D eigenvalue weighted by atomic mass is 10.0. The van der Waals surface area contributed by atoms with Crippen LogP contribution in [0.3, 0.4) is 0 Å². The van der Waals surface area contributed by atoms with Crippen LogP contribution in [0.2, 0.25) is 0 Å². The molecule has 0 saturated carbocycles. The molecule has 1 amide bonds. The van der Waals surface area contributed by atoms with E-state index in [1.165, 1.54) is 12.3 Å². The average Bonchev–Trinajstić information content (AvgIpc) is 3.70. The molecule has 12 nitrogen and oxygen atoms in total. The van der Waals surface area contributed by atoms with Crippen LogP contribution in [-0.2, 0) is 19.0 Å². The van der Waals surface area contributed by atoms with Crippen molar-refractivity contribution >= 4 is 18.2 Å². The highest BCUT2D eigenvalue weighted by Gasteiger charge is 2.30. The minimum absolute atomic E-state index is 0.0794. The monoisotopic (exact) mass is 646 g/mol. The van der Waals surface area contributed by atoms with E-state index >= 15 is 0 Å². The number of para-hydroxylation sites is 1. The Morgan fingerprint density at radius 3 is 2.36 bits per heavy atom. The Morgan fingerprint density at radius 2 is 1.79 bits per heavy atom. The quantitative estimate of drug-likeness (QED) is 0.155. The van der Waals surface area contributed by atoms with Crippen molar-refractivity contribution in [1.29, 1.82) is 0 Å². The lowest BCUT2D eigenvalue weighted by molar-refractivity contribution is -0.110. The van der Waals surface area contributed by atoms with Crippen molar-refractivity contribution in [2.45, 2.75) is 38.5 Å². The van der Waals surface area contributed by atoms with E-state index < -0.39 is 5.95 Å². The molecule has 3 aromatic heterocycles. The third kappa shape index (κ3) is 9.55. The van der Waals surface area contributed by atoms with Crippen molar-refractivity contribution in [1.82, 2.24) is 30.0 Å². The van der Waals surface area contributed by atoms with E-state index in [0.29, 0.717) is 18.6 Å². The maximum absolute atomic E-state index is 12.9. The van der Waals surface area contributed by atoms with E-state index in [2.05, 4.69) is 55.0 Å². The molecule has 2 N–H and O–H groups in total. The van der Waals surface area contributed by atoms with Gasteiger partial charge in [0, 0.05) is 77.3 Å². The van der Waals surface area contributed by atoms with Gasteiger partial charge in [-0.1, -0.05) is 18.2 Å². The largest absolute Gasteiger partial charge is 0.385 e. The fourth-order valence-corrected chi connectivity index (χ4v) is 4.95. The summed E-state index contributed by atoms with van der Waals surface area (Å²) in [7, 11) is 5.32. The van der Waals surface area contributed by atoms with Crippen LogP contribution in [0, 0.1) is 25.7 Å². The Morgan fingerprint density at radius 1 is 1.11 bits per heavy atom. The van der Waals surface area contributed by atoms with Gasteiger partial charge in [-0.15, -0.1) is 12.8 Å². The van der Waals surface area contributed by atoms with Crippen molar-refractivity contribution < 1.29 is 23.4 Å². The Kier molecular flexibility index (Phi) is 14.7. The maximum atomic E-state index is 12.9. The van der Waals surface area contributed by atoms with Crippen molar-refractivity contribution in [2.75, 3.05) is 57.8 Å². The second-order valence-electron chi connectivity index (χ2n) is 10.3. The molecule has 2 aliphatic heterocycles. The van der Waals surface area contributed by atoms with E-state index in [-0.39, 0.29) is 18.2 Å². The summed E-state index contributed by atoms with van der Waals surface area (Å²) in [6.45, 7) is 7.07. The van der Waals surface area contributed by atoms with Gasteiger partial charge in [-0.2, -0.15) is 9.49 Å². The summed E-state index contributed by atoms with van der Waals surface area (Å²) < 4.78 is 30.1. The Balaban J connectivity index is 0.000000242. The van der Waals surface area contributed by atoms with Gasteiger partial charge in [-0.3, -0.25) is 4.79 Å². The Hall–Kier alpha value is -4.90. The molecule has 0 spiro atoms. The van der Waals surface area contributed by atoms with Gasteiger partial charge in [0.1, 0.15) is 17.6 Å². The molecule has 4 aromatic rings. The second-order valence-corrected chi connectivity index (χ2v) is 10.3. The van der Waals surface area contributed by atoms with Gasteiger partial charge in [-0.25, -0.2) is 19.6 Å². The topological polar surface area (TPSA) is 129 Å². The number of methoxy groups -OCH3 is 2. The minimum atomic E-state index is -0.534. The molecule has 250 valence electrons. The first-order valence-corrected chi connectivity index (χ1v) is 15.1. The number of carbonyl (C=O) groups is 1.